The van der Waals surface area contributed by atoms with Crippen LogP contribution in [0.4, 0.5) is 0 Å². The highest BCUT2D eigenvalue weighted by Gasteiger charge is 2.19. The minimum atomic E-state index is -0.0735. The summed E-state index contributed by atoms with van der Waals surface area (Å²) in [5.41, 5.74) is 1.26. The Bertz CT molecular complexity index is 310. The van der Waals surface area contributed by atoms with E-state index in [0.29, 0.717) is 5.92 Å². The molecule has 1 aromatic carbocycles. The number of ether oxygens (including phenoxy) is 1. The molecule has 0 saturated heterocycles. The van der Waals surface area contributed by atoms with Gasteiger partial charge in [-0.3, -0.25) is 0 Å². The van der Waals surface area contributed by atoms with Crippen molar-refractivity contribution in [3.63, 3.8) is 0 Å². The van der Waals surface area contributed by atoms with E-state index in [0.717, 1.165) is 38.0 Å². The fraction of sp³-hybridized carbons (Fsp3) is 0.571. The van der Waals surface area contributed by atoms with Crippen molar-refractivity contribution in [3.8, 4) is 5.75 Å². The maximum absolute atomic E-state index is 9.40. The number of hydrogen-bond acceptors (Lipinski definition) is 2. The van der Waals surface area contributed by atoms with Crippen LogP contribution in [0, 0.1) is 12.8 Å². The molecule has 0 unspecified atom stereocenters. The van der Waals surface area contributed by atoms with Gasteiger partial charge in [0.2, 0.25) is 0 Å². The second-order valence-electron chi connectivity index (χ2n) is 4.80. The lowest BCUT2D eigenvalue weighted by Crippen LogP contribution is -2.22. The Morgan fingerprint density at radius 1 is 1.12 bits per heavy atom. The highest BCUT2D eigenvalue weighted by molar-refractivity contribution is 5.26. The summed E-state index contributed by atoms with van der Waals surface area (Å²) < 4.78 is 5.75. The van der Waals surface area contributed by atoms with E-state index in [-0.39, 0.29) is 6.10 Å². The number of aliphatic hydroxyl groups excluding tert-OH is 1. The molecule has 0 aromatic heterocycles. The Morgan fingerprint density at radius 2 is 1.75 bits per heavy atom. The second kappa shape index (κ2) is 5.35. The first-order chi connectivity index (χ1) is 7.74. The van der Waals surface area contributed by atoms with Crippen LogP contribution in [0.25, 0.3) is 0 Å². The van der Waals surface area contributed by atoms with Gasteiger partial charge in [-0.05, 0) is 50.7 Å². The lowest BCUT2D eigenvalue weighted by atomic mass is 9.88. The molecule has 1 aromatic rings. The van der Waals surface area contributed by atoms with Gasteiger partial charge in [0.05, 0.1) is 12.7 Å². The molecular weight excluding hydrogens is 200 g/mol. The number of aliphatic hydroxyl groups is 1. The van der Waals surface area contributed by atoms with Crippen LogP contribution in [0.2, 0.25) is 0 Å². The Morgan fingerprint density at radius 3 is 2.38 bits per heavy atom. The topological polar surface area (TPSA) is 29.5 Å². The van der Waals surface area contributed by atoms with Gasteiger partial charge in [0.15, 0.2) is 0 Å². The van der Waals surface area contributed by atoms with Crippen molar-refractivity contribution in [1.29, 1.82) is 0 Å². The highest BCUT2D eigenvalue weighted by atomic mass is 16.5. The van der Waals surface area contributed by atoms with Gasteiger partial charge in [0.25, 0.3) is 0 Å². The number of aryl methyl sites for hydroxylation is 1. The van der Waals surface area contributed by atoms with Crippen LogP contribution in [0.1, 0.15) is 31.2 Å². The van der Waals surface area contributed by atoms with E-state index in [9.17, 15) is 5.11 Å². The molecule has 16 heavy (non-hydrogen) atoms. The van der Waals surface area contributed by atoms with Gasteiger partial charge in [-0.1, -0.05) is 17.7 Å². The molecule has 0 aliphatic heterocycles. The standard InChI is InChI=1S/C14H20O2/c1-11-2-8-14(9-3-11)16-10-12-4-6-13(15)7-5-12/h2-3,8-9,12-13,15H,4-7,10H2,1H3. The summed E-state index contributed by atoms with van der Waals surface area (Å²) in [5.74, 6) is 1.57. The van der Waals surface area contributed by atoms with Crippen LogP contribution in [-0.2, 0) is 0 Å². The van der Waals surface area contributed by atoms with Crippen molar-refractivity contribution >= 4 is 0 Å². The molecule has 0 bridgehead atoms. The van der Waals surface area contributed by atoms with E-state index in [4.69, 9.17) is 4.74 Å². The summed E-state index contributed by atoms with van der Waals surface area (Å²) in [5, 5.41) is 9.40. The molecule has 0 heterocycles. The lowest BCUT2D eigenvalue weighted by molar-refractivity contribution is 0.0917. The lowest BCUT2D eigenvalue weighted by Gasteiger charge is -2.25. The van der Waals surface area contributed by atoms with Gasteiger partial charge in [0, 0.05) is 0 Å². The fourth-order valence-corrected chi connectivity index (χ4v) is 2.16. The smallest absolute Gasteiger partial charge is 0.119 e. The van der Waals surface area contributed by atoms with Crippen LogP contribution in [0.5, 0.6) is 5.75 Å². The summed E-state index contributed by atoms with van der Waals surface area (Å²) in [6.45, 7) is 2.86. The largest absolute Gasteiger partial charge is 0.493 e. The molecule has 0 radical (unpaired) electrons. The maximum Gasteiger partial charge on any atom is 0.119 e. The van der Waals surface area contributed by atoms with E-state index in [1.165, 1.54) is 5.56 Å². The summed E-state index contributed by atoms with van der Waals surface area (Å²) in [4.78, 5) is 0. The normalized spacial score (nSPS) is 25.4. The molecule has 1 fully saturated rings. The third kappa shape index (κ3) is 3.24. The van der Waals surface area contributed by atoms with Crippen molar-refractivity contribution in [2.45, 2.75) is 38.7 Å². The van der Waals surface area contributed by atoms with Gasteiger partial charge < -0.3 is 9.84 Å². The molecule has 1 aliphatic carbocycles. The Labute approximate surface area is 97.3 Å². The molecule has 2 heteroatoms. The first kappa shape index (κ1) is 11.5. The molecule has 1 aliphatic rings. The quantitative estimate of drug-likeness (QED) is 0.848. The van der Waals surface area contributed by atoms with Gasteiger partial charge in [-0.15, -0.1) is 0 Å². The SMILES string of the molecule is Cc1ccc(OCC2CCC(O)CC2)cc1. The Hall–Kier alpha value is -1.02. The van der Waals surface area contributed by atoms with Gasteiger partial charge in [0.1, 0.15) is 5.75 Å². The second-order valence-corrected chi connectivity index (χ2v) is 4.80. The van der Waals surface area contributed by atoms with Crippen LogP contribution in [-0.4, -0.2) is 17.8 Å². The minimum absolute atomic E-state index is 0.0735. The van der Waals surface area contributed by atoms with Gasteiger partial charge >= 0.3 is 0 Å². The summed E-state index contributed by atoms with van der Waals surface area (Å²) in [7, 11) is 0. The van der Waals surface area contributed by atoms with Crippen molar-refractivity contribution in [3.05, 3.63) is 29.8 Å². The van der Waals surface area contributed by atoms with Crippen molar-refractivity contribution in [2.24, 2.45) is 5.92 Å². The molecular formula is C14H20O2. The first-order valence-corrected chi connectivity index (χ1v) is 6.11. The van der Waals surface area contributed by atoms with E-state index < -0.39 is 0 Å². The first-order valence-electron chi connectivity index (χ1n) is 6.11. The number of rotatable bonds is 3. The zero-order valence-corrected chi connectivity index (χ0v) is 9.86. The molecule has 88 valence electrons. The fourth-order valence-electron chi connectivity index (χ4n) is 2.16. The molecule has 2 rings (SSSR count). The molecule has 1 saturated carbocycles. The van der Waals surface area contributed by atoms with Crippen LogP contribution in [0.3, 0.4) is 0 Å². The van der Waals surface area contributed by atoms with Crippen LogP contribution < -0.4 is 4.74 Å². The van der Waals surface area contributed by atoms with Crippen molar-refractivity contribution in [1.82, 2.24) is 0 Å². The van der Waals surface area contributed by atoms with Crippen molar-refractivity contribution < 1.29 is 9.84 Å². The number of benzene rings is 1. The third-order valence-electron chi connectivity index (χ3n) is 3.32. The average Bonchev–Trinajstić information content (AvgIpc) is 2.30. The molecule has 0 spiro atoms. The maximum atomic E-state index is 9.40. The molecule has 2 nitrogen and oxygen atoms in total. The van der Waals surface area contributed by atoms with Crippen molar-refractivity contribution in [2.75, 3.05) is 6.61 Å². The summed E-state index contributed by atoms with van der Waals surface area (Å²) in [6.07, 6.45) is 3.97. The third-order valence-corrected chi connectivity index (χ3v) is 3.32. The summed E-state index contributed by atoms with van der Waals surface area (Å²) >= 11 is 0. The molecule has 1 N–H and O–H groups in total. The van der Waals surface area contributed by atoms with Gasteiger partial charge in [-0.2, -0.15) is 0 Å². The predicted octanol–water partition coefficient (Wildman–Crippen LogP) is 2.92. The van der Waals surface area contributed by atoms with Gasteiger partial charge in [-0.25, -0.2) is 0 Å². The van der Waals surface area contributed by atoms with Crippen LogP contribution >= 0.6 is 0 Å². The Kier molecular flexibility index (Phi) is 3.83. The van der Waals surface area contributed by atoms with E-state index in [1.54, 1.807) is 0 Å². The highest BCUT2D eigenvalue weighted by Crippen LogP contribution is 2.25. The average molecular weight is 220 g/mol. The Balaban J connectivity index is 1.77. The number of hydrogen-bond donors (Lipinski definition) is 1. The van der Waals surface area contributed by atoms with E-state index in [2.05, 4.69) is 19.1 Å². The molecule has 0 amide bonds. The molecule has 0 atom stereocenters. The zero-order valence-electron chi connectivity index (χ0n) is 9.86. The van der Waals surface area contributed by atoms with E-state index in [1.807, 2.05) is 12.1 Å². The predicted molar refractivity (Wildman–Crippen MR) is 64.6 cm³/mol. The zero-order chi connectivity index (χ0) is 11.4. The monoisotopic (exact) mass is 220 g/mol. The minimum Gasteiger partial charge on any atom is -0.493 e. The van der Waals surface area contributed by atoms with E-state index >= 15 is 0 Å². The summed E-state index contributed by atoms with van der Waals surface area (Å²) in [6, 6.07) is 8.18. The van der Waals surface area contributed by atoms with Crippen LogP contribution in [0.15, 0.2) is 24.3 Å².